The average molecular weight is 613 g/mol. The third kappa shape index (κ3) is 9.76. The van der Waals surface area contributed by atoms with E-state index < -0.39 is 23.5 Å². The van der Waals surface area contributed by atoms with Crippen LogP contribution >= 0.6 is 0 Å². The molecule has 0 aliphatic heterocycles. The summed E-state index contributed by atoms with van der Waals surface area (Å²) >= 11 is 0. The van der Waals surface area contributed by atoms with Gasteiger partial charge in [0, 0.05) is 43.8 Å². The molecule has 0 aliphatic carbocycles. The number of para-hydroxylation sites is 1. The summed E-state index contributed by atoms with van der Waals surface area (Å²) in [5.74, 6) is -2.20. The van der Waals surface area contributed by atoms with E-state index in [1.165, 1.54) is 0 Å². The van der Waals surface area contributed by atoms with Crippen LogP contribution in [-0.2, 0) is 32.1 Å². The minimum atomic E-state index is -0.929. The van der Waals surface area contributed by atoms with Crippen molar-refractivity contribution in [1.29, 1.82) is 0 Å². The molecule has 238 valence electrons. The maximum Gasteiger partial charge on any atom is 0.311 e. The van der Waals surface area contributed by atoms with Crippen molar-refractivity contribution in [2.45, 2.75) is 64.1 Å². The van der Waals surface area contributed by atoms with Crippen LogP contribution in [0.15, 0.2) is 91.1 Å². The zero-order chi connectivity index (χ0) is 32.4. The van der Waals surface area contributed by atoms with Crippen molar-refractivity contribution < 1.29 is 24.2 Å². The number of esters is 1. The van der Waals surface area contributed by atoms with E-state index in [1.54, 1.807) is 23.2 Å². The number of aliphatic carboxylic acids is 1. The number of aromatic nitrogens is 1. The van der Waals surface area contributed by atoms with Crippen LogP contribution in [-0.4, -0.2) is 69.6 Å². The molecule has 2 atom stereocenters. The van der Waals surface area contributed by atoms with Crippen molar-refractivity contribution in [3.05, 3.63) is 108 Å². The number of fused-ring (bicyclic) bond motifs is 1. The summed E-state index contributed by atoms with van der Waals surface area (Å²) in [6.45, 7) is 6.34. The highest BCUT2D eigenvalue weighted by atomic mass is 16.6. The molecule has 9 nitrogen and oxygen atoms in total. The fraction of sp³-hybridized carbons (Fsp3) is 0.361. The zero-order valence-corrected chi connectivity index (χ0v) is 26.5. The van der Waals surface area contributed by atoms with Gasteiger partial charge in [0.05, 0.1) is 12.3 Å². The van der Waals surface area contributed by atoms with Crippen LogP contribution < -0.4 is 5.43 Å². The second-order valence-electron chi connectivity index (χ2n) is 12.3. The second kappa shape index (κ2) is 15.5. The molecule has 0 bridgehead atoms. The highest BCUT2D eigenvalue weighted by molar-refractivity contribution is 5.89. The minimum absolute atomic E-state index is 0.0516. The number of hydrazine groups is 1. The number of carboxylic acid groups (broad SMARTS) is 1. The van der Waals surface area contributed by atoms with Gasteiger partial charge in [0.1, 0.15) is 11.6 Å². The van der Waals surface area contributed by atoms with E-state index in [2.05, 4.69) is 10.4 Å². The molecule has 0 fully saturated rings. The van der Waals surface area contributed by atoms with Crippen LogP contribution in [0.4, 0.5) is 0 Å². The number of aromatic amines is 1. The van der Waals surface area contributed by atoms with E-state index in [1.807, 2.05) is 106 Å². The van der Waals surface area contributed by atoms with Crippen LogP contribution in [0.5, 0.6) is 0 Å². The lowest BCUT2D eigenvalue weighted by Gasteiger charge is -2.34. The molecule has 1 heterocycles. The third-order valence-electron chi connectivity index (χ3n) is 7.59. The first-order chi connectivity index (χ1) is 21.5. The Labute approximate surface area is 265 Å². The lowest BCUT2D eigenvalue weighted by atomic mass is 9.95. The summed E-state index contributed by atoms with van der Waals surface area (Å²) in [7, 11) is 1.77. The Kier molecular flexibility index (Phi) is 11.5. The van der Waals surface area contributed by atoms with Gasteiger partial charge in [-0.25, -0.2) is 5.01 Å². The smallest absolute Gasteiger partial charge is 0.311 e. The van der Waals surface area contributed by atoms with Crippen molar-refractivity contribution in [3.8, 4) is 0 Å². The number of benzene rings is 3. The number of hydrogen-bond acceptors (Lipinski definition) is 6. The van der Waals surface area contributed by atoms with E-state index in [4.69, 9.17) is 4.74 Å². The average Bonchev–Trinajstić information content (AvgIpc) is 3.43. The van der Waals surface area contributed by atoms with Crippen molar-refractivity contribution in [2.24, 2.45) is 0 Å². The van der Waals surface area contributed by atoms with Crippen molar-refractivity contribution in [1.82, 2.24) is 20.3 Å². The van der Waals surface area contributed by atoms with E-state index in [-0.39, 0.29) is 37.8 Å². The summed E-state index contributed by atoms with van der Waals surface area (Å²) in [5.41, 5.74) is 6.27. The van der Waals surface area contributed by atoms with Gasteiger partial charge in [-0.1, -0.05) is 78.9 Å². The molecule has 4 aromatic rings. The van der Waals surface area contributed by atoms with Crippen LogP contribution in [0.1, 0.15) is 56.2 Å². The maximum absolute atomic E-state index is 14.1. The Morgan fingerprint density at radius 3 is 2.18 bits per heavy atom. The molecule has 0 aliphatic rings. The number of carboxylic acids is 1. The quantitative estimate of drug-likeness (QED) is 0.119. The van der Waals surface area contributed by atoms with Gasteiger partial charge in [0.25, 0.3) is 0 Å². The SMILES string of the molecule is CN(Cc1ccccc1)C(=O)[C@H](Cc1ccccc1)N(CCC(=O)OC(C)(C)C)NCC[C@H](C(=O)O)c1c[nH]c2ccccc12. The summed E-state index contributed by atoms with van der Waals surface area (Å²) < 4.78 is 5.57. The number of carbonyl (C=O) groups excluding carboxylic acids is 2. The largest absolute Gasteiger partial charge is 0.481 e. The fourth-order valence-electron chi connectivity index (χ4n) is 5.45. The van der Waals surface area contributed by atoms with Gasteiger partial charge in [0.2, 0.25) is 5.91 Å². The van der Waals surface area contributed by atoms with Crippen LogP contribution in [0.2, 0.25) is 0 Å². The number of amides is 1. The van der Waals surface area contributed by atoms with Crippen molar-refractivity contribution in [3.63, 3.8) is 0 Å². The molecular weight excluding hydrogens is 568 g/mol. The predicted octanol–water partition coefficient (Wildman–Crippen LogP) is 5.53. The molecule has 3 N–H and O–H groups in total. The first-order valence-electron chi connectivity index (χ1n) is 15.4. The van der Waals surface area contributed by atoms with E-state index in [9.17, 15) is 19.5 Å². The Balaban J connectivity index is 1.58. The molecule has 0 unspecified atom stereocenters. The van der Waals surface area contributed by atoms with Gasteiger partial charge in [-0.05, 0) is 56.4 Å². The molecule has 45 heavy (non-hydrogen) atoms. The zero-order valence-electron chi connectivity index (χ0n) is 26.5. The van der Waals surface area contributed by atoms with E-state index >= 15 is 0 Å². The van der Waals surface area contributed by atoms with Gasteiger partial charge in [-0.2, -0.15) is 0 Å². The second-order valence-corrected chi connectivity index (χ2v) is 12.3. The Bertz CT molecular complexity index is 1550. The Morgan fingerprint density at radius 2 is 1.53 bits per heavy atom. The molecule has 0 radical (unpaired) electrons. The van der Waals surface area contributed by atoms with Gasteiger partial charge >= 0.3 is 11.9 Å². The minimum Gasteiger partial charge on any atom is -0.481 e. The number of rotatable bonds is 15. The molecule has 0 spiro atoms. The number of nitrogens with zero attached hydrogens (tertiary/aromatic N) is 2. The van der Waals surface area contributed by atoms with Gasteiger partial charge in [-0.15, -0.1) is 0 Å². The van der Waals surface area contributed by atoms with E-state index in [0.717, 1.165) is 22.0 Å². The molecular formula is C36H44N4O5. The molecule has 3 aromatic carbocycles. The number of likely N-dealkylation sites (N-methyl/N-ethyl adjacent to an activating group) is 1. The maximum atomic E-state index is 14.1. The summed E-state index contributed by atoms with van der Waals surface area (Å²) in [6, 6.07) is 26.5. The van der Waals surface area contributed by atoms with Crippen LogP contribution in [0.3, 0.4) is 0 Å². The first kappa shape index (κ1) is 33.4. The molecule has 4 rings (SSSR count). The molecule has 1 amide bonds. The predicted molar refractivity (Wildman–Crippen MR) is 175 cm³/mol. The molecule has 0 saturated carbocycles. The van der Waals surface area contributed by atoms with Gasteiger partial charge in [0.15, 0.2) is 0 Å². The Hall–Kier alpha value is -4.47. The molecule has 1 aromatic heterocycles. The van der Waals surface area contributed by atoms with Crippen molar-refractivity contribution >= 4 is 28.7 Å². The third-order valence-corrected chi connectivity index (χ3v) is 7.59. The van der Waals surface area contributed by atoms with Crippen LogP contribution in [0.25, 0.3) is 10.9 Å². The lowest BCUT2D eigenvalue weighted by molar-refractivity contribution is -0.156. The van der Waals surface area contributed by atoms with Gasteiger partial charge in [-0.3, -0.25) is 19.8 Å². The number of ether oxygens (including phenoxy) is 1. The first-order valence-corrected chi connectivity index (χ1v) is 15.4. The number of nitrogens with one attached hydrogen (secondary N) is 2. The summed E-state index contributed by atoms with van der Waals surface area (Å²) in [4.78, 5) is 44.2. The van der Waals surface area contributed by atoms with E-state index in [0.29, 0.717) is 18.5 Å². The summed E-state index contributed by atoms with van der Waals surface area (Å²) in [5, 5.41) is 12.8. The number of carbonyl (C=O) groups is 3. The molecule has 0 saturated heterocycles. The highest BCUT2D eigenvalue weighted by Gasteiger charge is 2.31. The lowest BCUT2D eigenvalue weighted by Crippen LogP contribution is -2.55. The van der Waals surface area contributed by atoms with Gasteiger partial charge < -0.3 is 19.7 Å². The topological polar surface area (TPSA) is 115 Å². The standard InChI is InChI=1S/C36H44N4O5/c1-36(2,3)45-33(41)20-22-40(38-21-19-29(35(43)44)30-24-37-31-18-12-11-17-28(30)31)32(23-26-13-7-5-8-14-26)34(42)39(4)25-27-15-9-6-10-16-27/h5-18,24,29,32,37-38H,19-23,25H2,1-4H3,(H,43,44)/t29-,32-/m0/s1. The normalized spacial score (nSPS) is 13.0. The van der Waals surface area contributed by atoms with Crippen molar-refractivity contribution in [2.75, 3.05) is 20.1 Å². The number of H-pyrrole nitrogens is 1. The monoisotopic (exact) mass is 612 g/mol. The highest BCUT2D eigenvalue weighted by Crippen LogP contribution is 2.28. The Morgan fingerprint density at radius 1 is 0.911 bits per heavy atom. The summed E-state index contributed by atoms with van der Waals surface area (Å²) in [6.07, 6.45) is 2.47. The fourth-order valence-corrected chi connectivity index (χ4v) is 5.45. The van der Waals surface area contributed by atoms with Crippen LogP contribution in [0, 0.1) is 0 Å². The number of hydrogen-bond donors (Lipinski definition) is 3. The molecule has 9 heteroatoms.